The molecule has 1 aromatic carbocycles. The summed E-state index contributed by atoms with van der Waals surface area (Å²) in [6.07, 6.45) is 2.44. The second kappa shape index (κ2) is 9.08. The van der Waals surface area contributed by atoms with Crippen molar-refractivity contribution in [2.45, 2.75) is 57.3 Å². The van der Waals surface area contributed by atoms with Crippen LogP contribution >= 0.6 is 11.8 Å². The maximum Gasteiger partial charge on any atom is 0.233 e. The monoisotopic (exact) mass is 430 g/mol. The van der Waals surface area contributed by atoms with Crippen LogP contribution in [0.15, 0.2) is 23.4 Å². The molecule has 3 atom stereocenters. The van der Waals surface area contributed by atoms with Gasteiger partial charge in [0.05, 0.1) is 36.8 Å². The summed E-state index contributed by atoms with van der Waals surface area (Å²) in [6, 6.07) is 6.26. The first-order chi connectivity index (χ1) is 14.5. The minimum Gasteiger partial charge on any atom is -0.393 e. The number of nitrogens with zero attached hydrogens (tertiary/aromatic N) is 4. The van der Waals surface area contributed by atoms with Crippen LogP contribution in [0.5, 0.6) is 0 Å². The number of aliphatic hydroxyl groups excluding tert-OH is 1. The molecule has 2 aromatic rings. The summed E-state index contributed by atoms with van der Waals surface area (Å²) in [5.41, 5.74) is 3.35. The van der Waals surface area contributed by atoms with Gasteiger partial charge in [0.25, 0.3) is 0 Å². The van der Waals surface area contributed by atoms with Crippen molar-refractivity contribution < 1.29 is 14.6 Å². The molecule has 2 fully saturated rings. The molecule has 0 spiro atoms. The van der Waals surface area contributed by atoms with E-state index in [1.54, 1.807) is 0 Å². The predicted molar refractivity (Wildman–Crippen MR) is 116 cm³/mol. The molecule has 0 unspecified atom stereocenters. The van der Waals surface area contributed by atoms with Crippen LogP contribution in [-0.2, 0) is 9.53 Å². The van der Waals surface area contributed by atoms with E-state index >= 15 is 0 Å². The van der Waals surface area contributed by atoms with Crippen LogP contribution in [0, 0.1) is 26.7 Å². The molecular formula is C22H30N4O3S. The van der Waals surface area contributed by atoms with Crippen LogP contribution in [-0.4, -0.2) is 68.3 Å². The van der Waals surface area contributed by atoms with Gasteiger partial charge >= 0.3 is 0 Å². The van der Waals surface area contributed by atoms with E-state index in [-0.39, 0.29) is 24.0 Å². The summed E-state index contributed by atoms with van der Waals surface area (Å²) >= 11 is 1.42. The van der Waals surface area contributed by atoms with E-state index < -0.39 is 0 Å². The van der Waals surface area contributed by atoms with E-state index in [2.05, 4.69) is 42.2 Å². The number of aryl methyl sites for hydroxylation is 3. The van der Waals surface area contributed by atoms with Gasteiger partial charge in [0.1, 0.15) is 5.82 Å². The van der Waals surface area contributed by atoms with Crippen molar-refractivity contribution in [1.82, 2.24) is 19.7 Å². The number of hydrogen-bond acceptors (Lipinski definition) is 6. The summed E-state index contributed by atoms with van der Waals surface area (Å²) in [6.45, 7) is 7.70. The third-order valence-electron chi connectivity index (χ3n) is 6.24. The van der Waals surface area contributed by atoms with E-state index in [0.29, 0.717) is 25.5 Å². The fourth-order valence-electron chi connectivity index (χ4n) is 4.59. The van der Waals surface area contributed by atoms with Crippen LogP contribution in [0.4, 0.5) is 0 Å². The standard InChI is InChI=1S/C22H30N4O3S/c1-14-7-8-15(2)18(11-14)26-16(3)23-24-22(26)30-13-21(28)25-9-10-29-12-19(25)17-5-4-6-20(17)27/h7-8,11,17,19-20,27H,4-6,9-10,12-13H2,1-3H3/t17-,19+,20+/m0/s1. The fraction of sp³-hybridized carbons (Fsp3) is 0.591. The van der Waals surface area contributed by atoms with Crippen molar-refractivity contribution in [3.8, 4) is 5.69 Å². The second-order valence-corrected chi connectivity index (χ2v) is 9.28. The largest absolute Gasteiger partial charge is 0.393 e. The smallest absolute Gasteiger partial charge is 0.233 e. The number of ether oxygens (including phenoxy) is 1. The Morgan fingerprint density at radius 1 is 1.27 bits per heavy atom. The van der Waals surface area contributed by atoms with Gasteiger partial charge in [-0.2, -0.15) is 0 Å². The van der Waals surface area contributed by atoms with Crippen molar-refractivity contribution in [3.05, 3.63) is 35.2 Å². The first-order valence-electron chi connectivity index (χ1n) is 10.6. The van der Waals surface area contributed by atoms with Gasteiger partial charge in [0, 0.05) is 12.5 Å². The highest BCUT2D eigenvalue weighted by atomic mass is 32.2. The molecule has 8 heteroatoms. The molecule has 162 valence electrons. The average Bonchev–Trinajstić information content (AvgIpc) is 3.33. The van der Waals surface area contributed by atoms with E-state index in [4.69, 9.17) is 4.74 Å². The molecular weight excluding hydrogens is 400 g/mol. The Balaban J connectivity index is 1.49. The summed E-state index contributed by atoms with van der Waals surface area (Å²) in [7, 11) is 0. The highest BCUT2D eigenvalue weighted by Crippen LogP contribution is 2.33. The van der Waals surface area contributed by atoms with Gasteiger partial charge in [0.15, 0.2) is 5.16 Å². The molecule has 1 saturated carbocycles. The zero-order valence-corrected chi connectivity index (χ0v) is 18.7. The lowest BCUT2D eigenvalue weighted by molar-refractivity contribution is -0.141. The number of morpholine rings is 1. The van der Waals surface area contributed by atoms with Gasteiger partial charge in [-0.3, -0.25) is 9.36 Å². The molecule has 7 nitrogen and oxygen atoms in total. The number of rotatable bonds is 5. The highest BCUT2D eigenvalue weighted by Gasteiger charge is 2.39. The molecule has 2 aliphatic rings. The molecule has 1 N–H and O–H groups in total. The van der Waals surface area contributed by atoms with Crippen molar-refractivity contribution >= 4 is 17.7 Å². The third kappa shape index (κ3) is 4.26. The van der Waals surface area contributed by atoms with Crippen LogP contribution in [0.2, 0.25) is 0 Å². The Morgan fingerprint density at radius 2 is 2.10 bits per heavy atom. The molecule has 0 radical (unpaired) electrons. The molecule has 1 saturated heterocycles. The van der Waals surface area contributed by atoms with E-state index in [9.17, 15) is 9.90 Å². The topological polar surface area (TPSA) is 80.5 Å². The number of aliphatic hydroxyl groups is 1. The predicted octanol–water partition coefficient (Wildman–Crippen LogP) is 2.67. The first kappa shape index (κ1) is 21.3. The summed E-state index contributed by atoms with van der Waals surface area (Å²) in [5.74, 6) is 1.28. The molecule has 1 aliphatic carbocycles. The van der Waals surface area contributed by atoms with Crippen molar-refractivity contribution in [3.63, 3.8) is 0 Å². The SMILES string of the molecule is Cc1ccc(C)c(-n2c(C)nnc2SCC(=O)N2CCOC[C@@H]2[C@@H]2CCC[C@H]2O)c1. The fourth-order valence-corrected chi connectivity index (χ4v) is 5.46. The lowest BCUT2D eigenvalue weighted by Gasteiger charge is -2.40. The molecule has 2 heterocycles. The number of carbonyl (C=O) groups is 1. The van der Waals surface area contributed by atoms with Gasteiger partial charge in [-0.05, 0) is 50.8 Å². The van der Waals surface area contributed by atoms with E-state index in [1.165, 1.54) is 17.3 Å². The summed E-state index contributed by atoms with van der Waals surface area (Å²) in [4.78, 5) is 15.0. The lowest BCUT2D eigenvalue weighted by atomic mass is 9.94. The van der Waals surface area contributed by atoms with E-state index in [1.807, 2.05) is 16.4 Å². The molecule has 4 rings (SSSR count). The van der Waals surface area contributed by atoms with Gasteiger partial charge in [0.2, 0.25) is 5.91 Å². The highest BCUT2D eigenvalue weighted by molar-refractivity contribution is 7.99. The Kier molecular flexibility index (Phi) is 6.46. The van der Waals surface area contributed by atoms with Crippen LogP contribution in [0.3, 0.4) is 0 Å². The van der Waals surface area contributed by atoms with Crippen LogP contribution in [0.25, 0.3) is 5.69 Å². The molecule has 1 amide bonds. The maximum atomic E-state index is 13.1. The second-order valence-electron chi connectivity index (χ2n) is 8.34. The Labute approximate surface area is 181 Å². The Morgan fingerprint density at radius 3 is 2.87 bits per heavy atom. The zero-order valence-electron chi connectivity index (χ0n) is 17.9. The van der Waals surface area contributed by atoms with Crippen molar-refractivity contribution in [1.29, 1.82) is 0 Å². The first-order valence-corrected chi connectivity index (χ1v) is 11.6. The lowest BCUT2D eigenvalue weighted by Crippen LogP contribution is -2.54. The van der Waals surface area contributed by atoms with Gasteiger partial charge < -0.3 is 14.7 Å². The van der Waals surface area contributed by atoms with Crippen molar-refractivity contribution in [2.24, 2.45) is 5.92 Å². The normalized spacial score (nSPS) is 24.4. The van der Waals surface area contributed by atoms with E-state index in [0.717, 1.165) is 41.5 Å². The quantitative estimate of drug-likeness (QED) is 0.735. The van der Waals surface area contributed by atoms with Gasteiger partial charge in [-0.1, -0.05) is 30.3 Å². The number of hydrogen-bond donors (Lipinski definition) is 1. The Bertz CT molecular complexity index is 916. The van der Waals surface area contributed by atoms with Crippen LogP contribution < -0.4 is 0 Å². The Hall–Kier alpha value is -1.90. The number of carbonyl (C=O) groups excluding carboxylic acids is 1. The molecule has 1 aliphatic heterocycles. The minimum atomic E-state index is -0.338. The third-order valence-corrected chi connectivity index (χ3v) is 7.15. The average molecular weight is 431 g/mol. The molecule has 0 bridgehead atoms. The zero-order chi connectivity index (χ0) is 21.3. The van der Waals surface area contributed by atoms with Gasteiger partial charge in [-0.15, -0.1) is 10.2 Å². The minimum absolute atomic E-state index is 0.0389. The summed E-state index contributed by atoms with van der Waals surface area (Å²) < 4.78 is 7.68. The van der Waals surface area contributed by atoms with Gasteiger partial charge in [-0.25, -0.2) is 0 Å². The molecule has 1 aromatic heterocycles. The maximum absolute atomic E-state index is 13.1. The van der Waals surface area contributed by atoms with Crippen LogP contribution in [0.1, 0.15) is 36.2 Å². The van der Waals surface area contributed by atoms with Crippen molar-refractivity contribution in [2.75, 3.05) is 25.5 Å². The number of aromatic nitrogens is 3. The number of thioether (sulfide) groups is 1. The number of amides is 1. The summed E-state index contributed by atoms with van der Waals surface area (Å²) in [5, 5.41) is 19.6. The molecule has 30 heavy (non-hydrogen) atoms. The number of benzene rings is 1.